The molecule has 1 aromatic heterocycles. The third kappa shape index (κ3) is 3.35. The fourth-order valence-corrected chi connectivity index (χ4v) is 2.42. The second-order valence-electron chi connectivity index (χ2n) is 4.80. The van der Waals surface area contributed by atoms with E-state index in [-0.39, 0.29) is 17.4 Å². The van der Waals surface area contributed by atoms with Crippen LogP contribution in [0.25, 0.3) is 10.9 Å². The summed E-state index contributed by atoms with van der Waals surface area (Å²) in [6, 6.07) is 11.8. The van der Waals surface area contributed by atoms with E-state index in [0.717, 1.165) is 5.39 Å². The van der Waals surface area contributed by atoms with Crippen molar-refractivity contribution in [2.75, 3.05) is 12.4 Å². The van der Waals surface area contributed by atoms with E-state index >= 15 is 0 Å². The largest absolute Gasteiger partial charge is 0.497 e. The van der Waals surface area contributed by atoms with Crippen LogP contribution in [0.4, 0.5) is 15.8 Å². The summed E-state index contributed by atoms with van der Waals surface area (Å²) in [5, 5.41) is 13.2. The average molecular weight is 364 g/mol. The molecule has 0 aliphatic rings. The summed E-state index contributed by atoms with van der Waals surface area (Å²) in [6.07, 6.45) is 1.49. The number of benzene rings is 2. The molecular formula is C17H12Cl2FN3O. The zero-order chi connectivity index (χ0) is 16.4. The number of nitrogens with zero attached hydrogens (tertiary/aromatic N) is 2. The first-order valence-corrected chi connectivity index (χ1v) is 7.09. The molecule has 0 amide bonds. The van der Waals surface area contributed by atoms with Crippen LogP contribution < -0.4 is 10.1 Å². The fraction of sp³-hybridized carbons (Fsp3) is 0.0588. The highest BCUT2D eigenvalue weighted by atomic mass is 35.5. The van der Waals surface area contributed by atoms with Gasteiger partial charge >= 0.3 is 0 Å². The minimum atomic E-state index is -0.501. The van der Waals surface area contributed by atoms with Crippen molar-refractivity contribution in [3.63, 3.8) is 0 Å². The molecule has 3 aromatic rings. The van der Waals surface area contributed by atoms with Crippen molar-refractivity contribution >= 4 is 46.3 Å². The number of methoxy groups -OCH3 is 1. The molecule has 24 heavy (non-hydrogen) atoms. The lowest BCUT2D eigenvalue weighted by Gasteiger charge is -2.12. The number of hydrogen-bond acceptors (Lipinski definition) is 4. The van der Waals surface area contributed by atoms with Crippen LogP contribution in [0.1, 0.15) is 5.56 Å². The van der Waals surface area contributed by atoms with E-state index in [1.54, 1.807) is 31.4 Å². The van der Waals surface area contributed by atoms with Crippen LogP contribution in [0.3, 0.4) is 0 Å². The third-order valence-corrected chi connectivity index (χ3v) is 3.67. The second-order valence-corrected chi connectivity index (χ2v) is 5.20. The lowest BCUT2D eigenvalue weighted by molar-refractivity contribution is 0.415. The Morgan fingerprint density at radius 2 is 2.04 bits per heavy atom. The first kappa shape index (κ1) is 17.8. The van der Waals surface area contributed by atoms with Crippen molar-refractivity contribution in [3.05, 3.63) is 59.0 Å². The summed E-state index contributed by atoms with van der Waals surface area (Å²) in [7, 11) is 1.57. The fourth-order valence-electron chi connectivity index (χ4n) is 2.24. The van der Waals surface area contributed by atoms with Gasteiger partial charge in [-0.1, -0.05) is 11.6 Å². The van der Waals surface area contributed by atoms with Crippen molar-refractivity contribution in [2.24, 2.45) is 0 Å². The average Bonchev–Trinajstić information content (AvgIpc) is 2.58. The Balaban J connectivity index is 0.00000208. The van der Waals surface area contributed by atoms with Gasteiger partial charge in [-0.2, -0.15) is 5.26 Å². The predicted molar refractivity (Wildman–Crippen MR) is 95.0 cm³/mol. The molecule has 0 saturated heterocycles. The summed E-state index contributed by atoms with van der Waals surface area (Å²) in [5.41, 5.74) is 2.22. The van der Waals surface area contributed by atoms with Gasteiger partial charge in [0, 0.05) is 17.3 Å². The monoisotopic (exact) mass is 363 g/mol. The summed E-state index contributed by atoms with van der Waals surface area (Å²) in [4.78, 5) is 4.26. The lowest BCUT2D eigenvalue weighted by atomic mass is 10.1. The van der Waals surface area contributed by atoms with Crippen LogP contribution in [-0.4, -0.2) is 12.1 Å². The van der Waals surface area contributed by atoms with Crippen LogP contribution in [0.2, 0.25) is 5.02 Å². The van der Waals surface area contributed by atoms with Gasteiger partial charge in [-0.05, 0) is 36.4 Å². The number of nitrogens with one attached hydrogen (secondary N) is 1. The zero-order valence-corrected chi connectivity index (χ0v) is 14.1. The molecule has 0 aliphatic heterocycles. The molecule has 3 rings (SSSR count). The van der Waals surface area contributed by atoms with Crippen LogP contribution in [0.5, 0.6) is 5.75 Å². The van der Waals surface area contributed by atoms with E-state index in [9.17, 15) is 9.65 Å². The van der Waals surface area contributed by atoms with E-state index in [1.165, 1.54) is 18.3 Å². The van der Waals surface area contributed by atoms with Crippen molar-refractivity contribution < 1.29 is 9.13 Å². The number of ether oxygens (including phenoxy) is 1. The molecule has 0 atom stereocenters. The van der Waals surface area contributed by atoms with Crippen molar-refractivity contribution in [3.8, 4) is 11.8 Å². The SMILES string of the molecule is COc1ccc2ncc(C#N)c(Nc3ccc(F)c(Cl)c3)c2c1.Cl. The van der Waals surface area contributed by atoms with Crippen molar-refractivity contribution in [2.45, 2.75) is 0 Å². The van der Waals surface area contributed by atoms with Crippen molar-refractivity contribution in [1.82, 2.24) is 4.98 Å². The van der Waals surface area contributed by atoms with Gasteiger partial charge in [0.1, 0.15) is 17.6 Å². The normalized spacial score (nSPS) is 9.92. The van der Waals surface area contributed by atoms with Gasteiger partial charge in [-0.15, -0.1) is 12.4 Å². The van der Waals surface area contributed by atoms with E-state index in [1.807, 2.05) is 0 Å². The first-order chi connectivity index (χ1) is 11.1. The highest BCUT2D eigenvalue weighted by molar-refractivity contribution is 6.31. The van der Waals surface area contributed by atoms with E-state index < -0.39 is 5.82 Å². The quantitative estimate of drug-likeness (QED) is 0.705. The summed E-state index contributed by atoms with van der Waals surface area (Å²) in [5.74, 6) is 0.147. The first-order valence-electron chi connectivity index (χ1n) is 6.71. The van der Waals surface area contributed by atoms with Gasteiger partial charge in [0.2, 0.25) is 0 Å². The maximum absolute atomic E-state index is 13.3. The molecule has 4 nitrogen and oxygen atoms in total. The zero-order valence-electron chi connectivity index (χ0n) is 12.5. The summed E-state index contributed by atoms with van der Waals surface area (Å²) < 4.78 is 18.5. The molecule has 0 spiro atoms. The minimum Gasteiger partial charge on any atom is -0.497 e. The van der Waals surface area contributed by atoms with E-state index in [4.69, 9.17) is 16.3 Å². The molecule has 0 aliphatic carbocycles. The highest BCUT2D eigenvalue weighted by Crippen LogP contribution is 2.32. The third-order valence-electron chi connectivity index (χ3n) is 3.38. The van der Waals surface area contributed by atoms with Gasteiger partial charge in [0.05, 0.1) is 28.9 Å². The van der Waals surface area contributed by atoms with E-state index in [0.29, 0.717) is 28.2 Å². The Morgan fingerprint density at radius 1 is 1.25 bits per heavy atom. The van der Waals surface area contributed by atoms with E-state index in [2.05, 4.69) is 16.4 Å². The van der Waals surface area contributed by atoms with Gasteiger partial charge in [0.15, 0.2) is 0 Å². The number of rotatable bonds is 3. The Morgan fingerprint density at radius 3 is 2.71 bits per heavy atom. The number of anilines is 2. The van der Waals surface area contributed by atoms with Crippen LogP contribution >= 0.6 is 24.0 Å². The van der Waals surface area contributed by atoms with Gasteiger partial charge in [-0.3, -0.25) is 4.98 Å². The lowest BCUT2D eigenvalue weighted by Crippen LogP contribution is -1.97. The van der Waals surface area contributed by atoms with Gasteiger partial charge in [-0.25, -0.2) is 4.39 Å². The molecular weight excluding hydrogens is 352 g/mol. The predicted octanol–water partition coefficient (Wildman–Crippen LogP) is 5.07. The molecule has 0 radical (unpaired) electrons. The molecule has 0 unspecified atom stereocenters. The van der Waals surface area contributed by atoms with Crippen LogP contribution in [0, 0.1) is 17.1 Å². The van der Waals surface area contributed by atoms with Crippen molar-refractivity contribution in [1.29, 1.82) is 5.26 Å². The smallest absolute Gasteiger partial charge is 0.141 e. The van der Waals surface area contributed by atoms with Gasteiger partial charge < -0.3 is 10.1 Å². The summed E-state index contributed by atoms with van der Waals surface area (Å²) in [6.45, 7) is 0. The molecule has 0 bridgehead atoms. The number of nitriles is 1. The number of pyridine rings is 1. The molecule has 1 N–H and O–H groups in total. The minimum absolute atomic E-state index is 0. The topological polar surface area (TPSA) is 57.9 Å². The number of aromatic nitrogens is 1. The molecule has 2 aromatic carbocycles. The number of hydrogen-bond donors (Lipinski definition) is 1. The van der Waals surface area contributed by atoms with Crippen LogP contribution in [0.15, 0.2) is 42.6 Å². The maximum atomic E-state index is 13.3. The van der Waals surface area contributed by atoms with Gasteiger partial charge in [0.25, 0.3) is 0 Å². The Hall–Kier alpha value is -2.55. The molecule has 1 heterocycles. The number of halogens is 3. The Labute approximate surface area is 149 Å². The molecule has 7 heteroatoms. The second kappa shape index (κ2) is 7.35. The molecule has 122 valence electrons. The Kier molecular flexibility index (Phi) is 5.45. The highest BCUT2D eigenvalue weighted by Gasteiger charge is 2.11. The number of fused-ring (bicyclic) bond motifs is 1. The maximum Gasteiger partial charge on any atom is 0.141 e. The molecule has 0 saturated carbocycles. The van der Waals surface area contributed by atoms with Crippen LogP contribution in [-0.2, 0) is 0 Å². The summed E-state index contributed by atoms with van der Waals surface area (Å²) >= 11 is 5.81. The standard InChI is InChI=1S/C17H11ClFN3O.ClH/c1-23-12-3-5-16-13(7-12)17(10(8-20)9-21-16)22-11-2-4-15(19)14(18)6-11;/h2-7,9H,1H3,(H,21,22);1H. The molecule has 0 fully saturated rings. The Bertz CT molecular complexity index is 941.